The number of nitrogens with one attached hydrogen (secondary N) is 1. The Bertz CT molecular complexity index is 1480. The largest absolute Gasteiger partial charge is 0.263 e. The van der Waals surface area contributed by atoms with E-state index in [0.29, 0.717) is 15.7 Å². The lowest BCUT2D eigenvalue weighted by Crippen LogP contribution is -2.12. The van der Waals surface area contributed by atoms with Crippen LogP contribution in [-0.4, -0.2) is 18.4 Å². The summed E-state index contributed by atoms with van der Waals surface area (Å²) in [5.41, 5.74) is 2.62. The van der Waals surface area contributed by atoms with Crippen molar-refractivity contribution >= 4 is 59.6 Å². The molecule has 0 saturated carbocycles. The second kappa shape index (κ2) is 8.05. The minimum absolute atomic E-state index is 0.161. The molecular formula is C22H14ClN3O2S3. The van der Waals surface area contributed by atoms with E-state index in [1.54, 1.807) is 47.7 Å². The van der Waals surface area contributed by atoms with Gasteiger partial charge in [0, 0.05) is 16.8 Å². The van der Waals surface area contributed by atoms with Gasteiger partial charge in [0.1, 0.15) is 5.01 Å². The number of anilines is 1. The van der Waals surface area contributed by atoms with Crippen molar-refractivity contribution in [2.45, 2.75) is 4.90 Å². The Hall–Kier alpha value is -2.78. The smallest absolute Gasteiger partial charge is 0.255 e. The molecule has 3 aromatic carbocycles. The van der Waals surface area contributed by atoms with Crippen LogP contribution in [0.1, 0.15) is 0 Å². The summed E-state index contributed by atoms with van der Waals surface area (Å²) in [6, 6.07) is 22.0. The summed E-state index contributed by atoms with van der Waals surface area (Å²) in [4.78, 5) is 10.0. The van der Waals surface area contributed by atoms with Crippen LogP contribution in [0.2, 0.25) is 5.02 Å². The number of thiazole rings is 2. The number of aromatic nitrogens is 2. The highest BCUT2D eigenvalue weighted by Gasteiger charge is 2.17. The molecule has 5 aromatic rings. The number of hydrogen-bond acceptors (Lipinski definition) is 6. The highest BCUT2D eigenvalue weighted by atomic mass is 35.5. The zero-order valence-electron chi connectivity index (χ0n) is 15.8. The molecule has 0 unspecified atom stereocenters. The van der Waals surface area contributed by atoms with Crippen LogP contribution in [0.5, 0.6) is 0 Å². The Labute approximate surface area is 192 Å². The van der Waals surface area contributed by atoms with Crippen molar-refractivity contribution in [3.8, 4) is 21.0 Å². The quantitative estimate of drug-likeness (QED) is 0.308. The molecule has 0 spiro atoms. The van der Waals surface area contributed by atoms with Crippen molar-refractivity contribution in [3.63, 3.8) is 0 Å². The summed E-state index contributed by atoms with van der Waals surface area (Å²) in [6.07, 6.45) is 1.83. The van der Waals surface area contributed by atoms with Gasteiger partial charge in [0.25, 0.3) is 10.0 Å². The van der Waals surface area contributed by atoms with Gasteiger partial charge in [-0.3, -0.25) is 4.72 Å². The first-order valence-electron chi connectivity index (χ1n) is 9.18. The van der Waals surface area contributed by atoms with E-state index in [1.807, 2.05) is 42.6 Å². The Balaban J connectivity index is 1.38. The molecule has 0 aliphatic rings. The van der Waals surface area contributed by atoms with Crippen molar-refractivity contribution < 1.29 is 8.42 Å². The number of fused-ring (bicyclic) bond motifs is 1. The summed E-state index contributed by atoms with van der Waals surface area (Å²) in [5.74, 6) is 0. The summed E-state index contributed by atoms with van der Waals surface area (Å²) >= 11 is 8.80. The molecule has 5 rings (SSSR count). The topological polar surface area (TPSA) is 72.0 Å². The maximum absolute atomic E-state index is 12.8. The molecule has 2 heterocycles. The number of benzene rings is 3. The lowest BCUT2D eigenvalue weighted by molar-refractivity contribution is 0.601. The van der Waals surface area contributed by atoms with Gasteiger partial charge in [0.15, 0.2) is 5.13 Å². The van der Waals surface area contributed by atoms with E-state index in [2.05, 4.69) is 14.7 Å². The molecule has 1 N–H and O–H groups in total. The molecule has 0 saturated heterocycles. The standard InChI is InChI=1S/C22H14ClN3O2S3/c23-16-8-11-19-18(12-16)25-22(30-19)26-31(27,28)17-9-6-15(7-10-17)21-24-13-20(29-21)14-4-2-1-3-5-14/h1-13H,(H,25,26). The van der Waals surface area contributed by atoms with E-state index in [1.165, 1.54) is 11.3 Å². The Morgan fingerprint density at radius 3 is 2.42 bits per heavy atom. The van der Waals surface area contributed by atoms with E-state index in [4.69, 9.17) is 11.6 Å². The second-order valence-electron chi connectivity index (χ2n) is 6.66. The van der Waals surface area contributed by atoms with E-state index in [9.17, 15) is 8.42 Å². The average molecular weight is 484 g/mol. The summed E-state index contributed by atoms with van der Waals surface area (Å²) in [5, 5.41) is 1.69. The molecule has 0 radical (unpaired) electrons. The first-order chi connectivity index (χ1) is 15.0. The highest BCUT2D eigenvalue weighted by Crippen LogP contribution is 2.33. The van der Waals surface area contributed by atoms with Gasteiger partial charge in [-0.05, 0) is 35.9 Å². The highest BCUT2D eigenvalue weighted by molar-refractivity contribution is 7.93. The summed E-state index contributed by atoms with van der Waals surface area (Å²) in [7, 11) is -3.76. The SMILES string of the molecule is O=S(=O)(Nc1nc2cc(Cl)ccc2s1)c1ccc(-c2ncc(-c3ccccc3)s2)cc1. The van der Waals surface area contributed by atoms with Gasteiger partial charge in [-0.2, -0.15) is 0 Å². The van der Waals surface area contributed by atoms with E-state index < -0.39 is 10.0 Å². The minimum Gasteiger partial charge on any atom is -0.255 e. The van der Waals surface area contributed by atoms with E-state index in [0.717, 1.165) is 25.7 Å². The number of rotatable bonds is 5. The maximum atomic E-state index is 12.8. The van der Waals surface area contributed by atoms with Crippen LogP contribution in [0.15, 0.2) is 83.9 Å². The minimum atomic E-state index is -3.76. The third-order valence-corrected chi connectivity index (χ3v) is 8.31. The van der Waals surface area contributed by atoms with Crippen molar-refractivity contribution in [1.29, 1.82) is 0 Å². The van der Waals surface area contributed by atoms with Gasteiger partial charge in [0.2, 0.25) is 0 Å². The van der Waals surface area contributed by atoms with Crippen molar-refractivity contribution in [2.75, 3.05) is 4.72 Å². The lowest BCUT2D eigenvalue weighted by Gasteiger charge is -2.05. The molecule has 0 amide bonds. The fraction of sp³-hybridized carbons (Fsp3) is 0. The van der Waals surface area contributed by atoms with Crippen molar-refractivity contribution in [1.82, 2.24) is 9.97 Å². The Morgan fingerprint density at radius 2 is 1.65 bits per heavy atom. The van der Waals surface area contributed by atoms with E-state index in [-0.39, 0.29) is 4.90 Å². The number of sulfonamides is 1. The third kappa shape index (κ3) is 4.20. The number of hydrogen-bond donors (Lipinski definition) is 1. The lowest BCUT2D eigenvalue weighted by atomic mass is 10.2. The van der Waals surface area contributed by atoms with Crippen LogP contribution in [0.4, 0.5) is 5.13 Å². The predicted molar refractivity (Wildman–Crippen MR) is 128 cm³/mol. The van der Waals surface area contributed by atoms with Gasteiger partial charge >= 0.3 is 0 Å². The molecule has 0 aliphatic carbocycles. The molecule has 9 heteroatoms. The molecule has 0 aliphatic heterocycles. The fourth-order valence-corrected chi connectivity index (χ4v) is 6.21. The molecule has 0 atom stereocenters. The van der Waals surface area contributed by atoms with Gasteiger partial charge in [-0.25, -0.2) is 18.4 Å². The predicted octanol–water partition coefficient (Wildman–Crippen LogP) is 6.54. The zero-order chi connectivity index (χ0) is 21.4. The molecule has 2 aromatic heterocycles. The van der Waals surface area contributed by atoms with Crippen LogP contribution < -0.4 is 4.72 Å². The molecule has 31 heavy (non-hydrogen) atoms. The molecule has 0 fully saturated rings. The number of halogens is 1. The van der Waals surface area contributed by atoms with Crippen LogP contribution in [0, 0.1) is 0 Å². The third-order valence-electron chi connectivity index (χ3n) is 4.55. The van der Waals surface area contributed by atoms with Gasteiger partial charge in [-0.15, -0.1) is 11.3 Å². The second-order valence-corrected chi connectivity index (χ2v) is 10.8. The van der Waals surface area contributed by atoms with E-state index >= 15 is 0 Å². The summed E-state index contributed by atoms with van der Waals surface area (Å²) < 4.78 is 29.0. The fourth-order valence-electron chi connectivity index (χ4n) is 3.04. The Morgan fingerprint density at radius 1 is 0.871 bits per heavy atom. The van der Waals surface area contributed by atoms with Gasteiger partial charge < -0.3 is 0 Å². The van der Waals surface area contributed by atoms with Gasteiger partial charge in [-0.1, -0.05) is 65.4 Å². The average Bonchev–Trinajstić information content (AvgIpc) is 3.41. The van der Waals surface area contributed by atoms with Crippen molar-refractivity contribution in [2.24, 2.45) is 0 Å². The molecule has 0 bridgehead atoms. The van der Waals surface area contributed by atoms with Gasteiger partial charge in [0.05, 0.1) is 20.0 Å². The summed E-state index contributed by atoms with van der Waals surface area (Å²) in [6.45, 7) is 0. The number of nitrogens with zero attached hydrogens (tertiary/aromatic N) is 2. The van der Waals surface area contributed by atoms with Crippen LogP contribution in [0.25, 0.3) is 31.2 Å². The van der Waals surface area contributed by atoms with Crippen LogP contribution in [-0.2, 0) is 10.0 Å². The van der Waals surface area contributed by atoms with Crippen molar-refractivity contribution in [3.05, 3.63) is 84.0 Å². The Kier molecular flexibility index (Phi) is 5.23. The monoisotopic (exact) mass is 483 g/mol. The molecular weight excluding hydrogens is 470 g/mol. The first kappa shape index (κ1) is 20.1. The first-order valence-corrected chi connectivity index (χ1v) is 12.7. The zero-order valence-corrected chi connectivity index (χ0v) is 19.0. The van der Waals surface area contributed by atoms with Crippen LogP contribution >= 0.6 is 34.3 Å². The van der Waals surface area contributed by atoms with Crippen LogP contribution in [0.3, 0.4) is 0 Å². The molecule has 154 valence electrons. The normalized spacial score (nSPS) is 11.6. The molecule has 5 nitrogen and oxygen atoms in total. The maximum Gasteiger partial charge on any atom is 0.263 e.